The summed E-state index contributed by atoms with van der Waals surface area (Å²) in [4.78, 5) is 3.68. The molecule has 3 rings (SSSR count). The first-order chi connectivity index (χ1) is 12.8. The van der Waals surface area contributed by atoms with Gasteiger partial charge in [0.05, 0.1) is 5.69 Å². The van der Waals surface area contributed by atoms with Gasteiger partial charge in [-0.3, -0.25) is 0 Å². The number of imidazole rings is 1. The smallest absolute Gasteiger partial charge is 0.374 e. The zero-order valence-corrected chi connectivity index (χ0v) is 14.7. The van der Waals surface area contributed by atoms with Gasteiger partial charge < -0.3 is 15.0 Å². The molecule has 2 N–H and O–H groups in total. The van der Waals surface area contributed by atoms with E-state index in [-0.39, 0.29) is 6.54 Å². The topological polar surface area (TPSA) is 67.9 Å². The Bertz CT molecular complexity index is 858. The number of benzene rings is 1. The molecule has 27 heavy (non-hydrogen) atoms. The van der Waals surface area contributed by atoms with Crippen LogP contribution >= 0.6 is 0 Å². The van der Waals surface area contributed by atoms with Crippen LogP contribution in [0.5, 0.6) is 0 Å². The van der Waals surface area contributed by atoms with Gasteiger partial charge in [0.25, 0.3) is 0 Å². The first-order valence-corrected chi connectivity index (χ1v) is 8.38. The van der Waals surface area contributed by atoms with E-state index >= 15 is 0 Å². The van der Waals surface area contributed by atoms with Crippen molar-refractivity contribution in [3.05, 3.63) is 66.5 Å². The minimum absolute atomic E-state index is 0.0240. The van der Waals surface area contributed by atoms with E-state index < -0.39 is 24.0 Å². The number of aromatic nitrogens is 4. The van der Waals surface area contributed by atoms with Crippen LogP contribution in [0.4, 0.5) is 13.2 Å². The standard InChI is InChI=1S/C18H20F3N5O/c1-25-12-10-23-16(25)17(27,18(19,20)21)7-9-22-13-14-3-5-15(6-4-14)26-11-2-8-24-26/h2-6,8,10-12,22,27H,7,9,13H2,1H3/t17-/m0/s1. The summed E-state index contributed by atoms with van der Waals surface area (Å²) in [7, 11) is 1.42. The fraction of sp³-hybridized carbons (Fsp3) is 0.333. The highest BCUT2D eigenvalue weighted by atomic mass is 19.4. The van der Waals surface area contributed by atoms with E-state index in [0.717, 1.165) is 11.3 Å². The van der Waals surface area contributed by atoms with Gasteiger partial charge in [-0.1, -0.05) is 12.1 Å². The Kier molecular flexibility index (Phi) is 5.33. The second-order valence-corrected chi connectivity index (χ2v) is 6.26. The third kappa shape index (κ3) is 4.04. The zero-order chi connectivity index (χ0) is 19.5. The SMILES string of the molecule is Cn1ccnc1[C@@](O)(CCNCc1ccc(-n2cccn2)cc1)C(F)(F)F. The molecule has 0 aliphatic heterocycles. The van der Waals surface area contributed by atoms with Crippen LogP contribution in [0.1, 0.15) is 17.8 Å². The zero-order valence-electron chi connectivity index (χ0n) is 14.7. The molecule has 0 aliphatic rings. The average molecular weight is 379 g/mol. The highest BCUT2D eigenvalue weighted by molar-refractivity contribution is 5.33. The maximum Gasteiger partial charge on any atom is 0.424 e. The molecular weight excluding hydrogens is 359 g/mol. The van der Waals surface area contributed by atoms with E-state index in [1.165, 1.54) is 24.0 Å². The van der Waals surface area contributed by atoms with E-state index in [2.05, 4.69) is 15.4 Å². The number of hydrogen-bond donors (Lipinski definition) is 2. The number of rotatable bonds is 7. The minimum Gasteiger partial charge on any atom is -0.374 e. The number of aryl methyl sites for hydroxylation is 1. The van der Waals surface area contributed by atoms with Crippen LogP contribution in [0.15, 0.2) is 55.1 Å². The second kappa shape index (κ2) is 7.53. The van der Waals surface area contributed by atoms with Gasteiger partial charge in [0.2, 0.25) is 5.60 Å². The molecule has 1 atom stereocenters. The van der Waals surface area contributed by atoms with Crippen molar-refractivity contribution in [2.24, 2.45) is 7.05 Å². The number of nitrogens with zero attached hydrogens (tertiary/aromatic N) is 4. The van der Waals surface area contributed by atoms with Crippen LogP contribution in [-0.2, 0) is 19.2 Å². The van der Waals surface area contributed by atoms with Gasteiger partial charge in [0.15, 0.2) is 0 Å². The molecule has 2 heterocycles. The molecule has 0 unspecified atom stereocenters. The van der Waals surface area contributed by atoms with Crippen LogP contribution in [0, 0.1) is 0 Å². The fourth-order valence-electron chi connectivity index (χ4n) is 2.83. The Labute approximate surface area is 154 Å². The molecule has 0 saturated carbocycles. The minimum atomic E-state index is -4.82. The monoisotopic (exact) mass is 379 g/mol. The Morgan fingerprint density at radius 2 is 1.85 bits per heavy atom. The fourth-order valence-corrected chi connectivity index (χ4v) is 2.83. The summed E-state index contributed by atoms with van der Waals surface area (Å²) in [5, 5.41) is 17.3. The van der Waals surface area contributed by atoms with Gasteiger partial charge in [0, 0.05) is 44.8 Å². The summed E-state index contributed by atoms with van der Waals surface area (Å²) in [5.74, 6) is -0.416. The molecular formula is C18H20F3N5O. The lowest BCUT2D eigenvalue weighted by Gasteiger charge is -2.30. The number of aliphatic hydroxyl groups is 1. The van der Waals surface area contributed by atoms with E-state index in [0.29, 0.717) is 6.54 Å². The van der Waals surface area contributed by atoms with Crippen LogP contribution in [0.25, 0.3) is 5.69 Å². The third-order valence-electron chi connectivity index (χ3n) is 4.36. The van der Waals surface area contributed by atoms with Gasteiger partial charge >= 0.3 is 6.18 Å². The van der Waals surface area contributed by atoms with Crippen molar-refractivity contribution < 1.29 is 18.3 Å². The summed E-state index contributed by atoms with van der Waals surface area (Å²) in [6.07, 6.45) is 0.759. The second-order valence-electron chi connectivity index (χ2n) is 6.26. The van der Waals surface area contributed by atoms with E-state index in [9.17, 15) is 18.3 Å². The quantitative estimate of drug-likeness (QED) is 0.619. The molecule has 0 radical (unpaired) electrons. The summed E-state index contributed by atoms with van der Waals surface area (Å²) in [6.45, 7) is 0.359. The lowest BCUT2D eigenvalue weighted by Crippen LogP contribution is -2.46. The molecule has 2 aromatic heterocycles. The molecule has 0 saturated heterocycles. The van der Waals surface area contributed by atoms with Crippen LogP contribution in [0.3, 0.4) is 0 Å². The van der Waals surface area contributed by atoms with Gasteiger partial charge in [0.1, 0.15) is 5.82 Å². The summed E-state index contributed by atoms with van der Waals surface area (Å²) in [5.41, 5.74) is -1.19. The first-order valence-electron chi connectivity index (χ1n) is 8.38. The number of hydrogen-bond acceptors (Lipinski definition) is 4. The van der Waals surface area contributed by atoms with Crippen LogP contribution < -0.4 is 5.32 Å². The Hall–Kier alpha value is -2.65. The van der Waals surface area contributed by atoms with Crippen molar-refractivity contribution in [2.75, 3.05) is 6.54 Å². The number of alkyl halides is 3. The van der Waals surface area contributed by atoms with E-state index in [1.54, 1.807) is 10.9 Å². The molecule has 0 bridgehead atoms. The van der Waals surface area contributed by atoms with E-state index in [4.69, 9.17) is 0 Å². The normalized spacial score (nSPS) is 14.3. The van der Waals surface area contributed by atoms with Crippen molar-refractivity contribution >= 4 is 0 Å². The van der Waals surface area contributed by atoms with Gasteiger partial charge in [-0.2, -0.15) is 18.3 Å². The summed E-state index contributed by atoms with van der Waals surface area (Å²) in [6, 6.07) is 9.32. The Balaban J connectivity index is 1.59. The largest absolute Gasteiger partial charge is 0.424 e. The predicted molar refractivity (Wildman–Crippen MR) is 93.0 cm³/mol. The highest BCUT2D eigenvalue weighted by Gasteiger charge is 2.56. The molecule has 144 valence electrons. The molecule has 9 heteroatoms. The maximum absolute atomic E-state index is 13.4. The molecule has 3 aromatic rings. The maximum atomic E-state index is 13.4. The molecule has 0 fully saturated rings. The lowest BCUT2D eigenvalue weighted by atomic mass is 9.97. The van der Waals surface area contributed by atoms with Crippen molar-refractivity contribution in [1.29, 1.82) is 0 Å². The third-order valence-corrected chi connectivity index (χ3v) is 4.36. The van der Waals surface area contributed by atoms with Gasteiger partial charge in [-0.05, 0) is 30.3 Å². The molecule has 0 spiro atoms. The van der Waals surface area contributed by atoms with Gasteiger partial charge in [-0.25, -0.2) is 9.67 Å². The van der Waals surface area contributed by atoms with Crippen molar-refractivity contribution in [2.45, 2.75) is 24.7 Å². The summed E-state index contributed by atoms with van der Waals surface area (Å²) < 4.78 is 43.2. The Morgan fingerprint density at radius 3 is 2.41 bits per heavy atom. The number of halogens is 3. The van der Waals surface area contributed by atoms with Gasteiger partial charge in [-0.15, -0.1) is 0 Å². The van der Waals surface area contributed by atoms with Crippen LogP contribution in [0.2, 0.25) is 0 Å². The molecule has 1 aromatic carbocycles. The lowest BCUT2D eigenvalue weighted by molar-refractivity contribution is -0.272. The molecule has 6 nitrogen and oxygen atoms in total. The molecule has 0 amide bonds. The van der Waals surface area contributed by atoms with Crippen LogP contribution in [-0.4, -0.2) is 37.2 Å². The van der Waals surface area contributed by atoms with Crippen molar-refractivity contribution in [3.8, 4) is 5.69 Å². The summed E-state index contributed by atoms with van der Waals surface area (Å²) >= 11 is 0. The predicted octanol–water partition coefficient (Wildman–Crippen LogP) is 2.54. The van der Waals surface area contributed by atoms with Crippen molar-refractivity contribution in [3.63, 3.8) is 0 Å². The van der Waals surface area contributed by atoms with E-state index in [1.807, 2.05) is 36.5 Å². The van der Waals surface area contributed by atoms with Crippen molar-refractivity contribution in [1.82, 2.24) is 24.6 Å². The Morgan fingerprint density at radius 1 is 1.11 bits per heavy atom. The first kappa shape index (κ1) is 19.1. The number of nitrogens with one attached hydrogen (secondary N) is 1. The molecule has 0 aliphatic carbocycles. The average Bonchev–Trinajstić information content (AvgIpc) is 3.30. The highest BCUT2D eigenvalue weighted by Crippen LogP contribution is 2.40.